The molecule has 0 aromatic carbocycles. The second-order valence-electron chi connectivity index (χ2n) is 3.13. The number of aryl methyl sites for hydroxylation is 2. The van der Waals surface area contributed by atoms with Crippen molar-refractivity contribution in [2.45, 2.75) is 32.7 Å². The Balaban J connectivity index is 2.53. The summed E-state index contributed by atoms with van der Waals surface area (Å²) in [5.41, 5.74) is 5.38. The lowest BCUT2D eigenvalue weighted by molar-refractivity contribution is 0.316. The third kappa shape index (κ3) is 2.76. The highest BCUT2D eigenvalue weighted by Gasteiger charge is 2.01. The SMILES string of the molecule is CCCc1nccn1CCC(N)=NO. The molecule has 0 bridgehead atoms. The van der Waals surface area contributed by atoms with Crippen molar-refractivity contribution in [3.63, 3.8) is 0 Å². The molecule has 0 saturated carbocycles. The Morgan fingerprint density at radius 2 is 2.50 bits per heavy atom. The van der Waals surface area contributed by atoms with Crippen molar-refractivity contribution in [3.8, 4) is 0 Å². The Morgan fingerprint density at radius 3 is 3.14 bits per heavy atom. The fourth-order valence-corrected chi connectivity index (χ4v) is 1.28. The van der Waals surface area contributed by atoms with E-state index in [0.717, 1.165) is 18.7 Å². The highest BCUT2D eigenvalue weighted by Crippen LogP contribution is 2.02. The van der Waals surface area contributed by atoms with E-state index in [0.29, 0.717) is 13.0 Å². The summed E-state index contributed by atoms with van der Waals surface area (Å²) in [4.78, 5) is 4.23. The normalized spacial score (nSPS) is 11.9. The first kappa shape index (κ1) is 10.6. The van der Waals surface area contributed by atoms with Crippen LogP contribution in [-0.2, 0) is 13.0 Å². The summed E-state index contributed by atoms with van der Waals surface area (Å²) in [5, 5.41) is 11.3. The van der Waals surface area contributed by atoms with E-state index >= 15 is 0 Å². The maximum absolute atomic E-state index is 8.37. The van der Waals surface area contributed by atoms with Crippen molar-refractivity contribution in [1.82, 2.24) is 9.55 Å². The topological polar surface area (TPSA) is 76.4 Å². The number of hydrogen-bond acceptors (Lipinski definition) is 3. The van der Waals surface area contributed by atoms with E-state index in [1.807, 2.05) is 10.8 Å². The van der Waals surface area contributed by atoms with Crippen LogP contribution in [0.25, 0.3) is 0 Å². The van der Waals surface area contributed by atoms with Gasteiger partial charge in [-0.1, -0.05) is 12.1 Å². The second-order valence-corrected chi connectivity index (χ2v) is 3.13. The summed E-state index contributed by atoms with van der Waals surface area (Å²) in [7, 11) is 0. The van der Waals surface area contributed by atoms with Crippen LogP contribution in [0.3, 0.4) is 0 Å². The molecule has 0 aliphatic heterocycles. The molecule has 14 heavy (non-hydrogen) atoms. The van der Waals surface area contributed by atoms with E-state index in [2.05, 4.69) is 17.1 Å². The van der Waals surface area contributed by atoms with Gasteiger partial charge in [-0.15, -0.1) is 0 Å². The first-order valence-electron chi connectivity index (χ1n) is 4.74. The third-order valence-corrected chi connectivity index (χ3v) is 2.01. The van der Waals surface area contributed by atoms with E-state index < -0.39 is 0 Å². The number of aromatic nitrogens is 2. The van der Waals surface area contributed by atoms with Gasteiger partial charge in [0.25, 0.3) is 0 Å². The summed E-state index contributed by atoms with van der Waals surface area (Å²) in [6.45, 7) is 2.83. The summed E-state index contributed by atoms with van der Waals surface area (Å²) >= 11 is 0. The fraction of sp³-hybridized carbons (Fsp3) is 0.556. The molecule has 0 unspecified atom stereocenters. The van der Waals surface area contributed by atoms with Gasteiger partial charge in [0, 0.05) is 31.8 Å². The maximum atomic E-state index is 8.37. The predicted octanol–water partition coefficient (Wildman–Crippen LogP) is 0.972. The van der Waals surface area contributed by atoms with Crippen LogP contribution in [0.4, 0.5) is 0 Å². The molecule has 0 atom stereocenters. The Bertz CT molecular complexity index is 306. The molecule has 5 heteroatoms. The summed E-state index contributed by atoms with van der Waals surface area (Å²) in [5.74, 6) is 1.30. The van der Waals surface area contributed by atoms with E-state index in [1.54, 1.807) is 6.20 Å². The molecule has 3 N–H and O–H groups in total. The minimum atomic E-state index is 0.251. The van der Waals surface area contributed by atoms with E-state index in [4.69, 9.17) is 10.9 Å². The van der Waals surface area contributed by atoms with Gasteiger partial charge in [0.05, 0.1) is 0 Å². The van der Waals surface area contributed by atoms with Crippen LogP contribution in [0, 0.1) is 0 Å². The molecular formula is C9H16N4O. The maximum Gasteiger partial charge on any atom is 0.140 e. The molecule has 0 radical (unpaired) electrons. The largest absolute Gasteiger partial charge is 0.409 e. The van der Waals surface area contributed by atoms with Crippen molar-refractivity contribution < 1.29 is 5.21 Å². The lowest BCUT2D eigenvalue weighted by Crippen LogP contribution is -2.15. The number of hydrogen-bond donors (Lipinski definition) is 2. The highest BCUT2D eigenvalue weighted by molar-refractivity contribution is 5.79. The van der Waals surface area contributed by atoms with Crippen LogP contribution in [-0.4, -0.2) is 20.6 Å². The number of nitrogens with zero attached hydrogens (tertiary/aromatic N) is 3. The predicted molar refractivity (Wildman–Crippen MR) is 54.2 cm³/mol. The molecule has 78 valence electrons. The second kappa shape index (κ2) is 5.26. The fourth-order valence-electron chi connectivity index (χ4n) is 1.28. The van der Waals surface area contributed by atoms with Gasteiger partial charge in [-0.2, -0.15) is 0 Å². The van der Waals surface area contributed by atoms with Gasteiger partial charge in [-0.25, -0.2) is 4.98 Å². The zero-order valence-electron chi connectivity index (χ0n) is 8.35. The zero-order chi connectivity index (χ0) is 10.4. The molecule has 0 spiro atoms. The number of oxime groups is 1. The van der Waals surface area contributed by atoms with Crippen LogP contribution in [0.2, 0.25) is 0 Å². The molecule has 0 saturated heterocycles. The van der Waals surface area contributed by atoms with E-state index in [-0.39, 0.29) is 5.84 Å². The standard InChI is InChI=1S/C9H16N4O/c1-2-3-9-11-5-7-13(9)6-4-8(10)12-14/h5,7,14H,2-4,6H2,1H3,(H2,10,12). The number of rotatable bonds is 5. The number of amidine groups is 1. The summed E-state index contributed by atoms with van der Waals surface area (Å²) in [6.07, 6.45) is 6.26. The monoisotopic (exact) mass is 196 g/mol. The first-order chi connectivity index (χ1) is 6.77. The number of imidazole rings is 1. The van der Waals surface area contributed by atoms with Gasteiger partial charge in [0.15, 0.2) is 0 Å². The Hall–Kier alpha value is -1.52. The first-order valence-corrected chi connectivity index (χ1v) is 4.74. The molecule has 1 rings (SSSR count). The number of nitrogens with two attached hydrogens (primary N) is 1. The van der Waals surface area contributed by atoms with Crippen molar-refractivity contribution in [2.75, 3.05) is 0 Å². The smallest absolute Gasteiger partial charge is 0.140 e. The molecule has 5 nitrogen and oxygen atoms in total. The van der Waals surface area contributed by atoms with Gasteiger partial charge in [-0.05, 0) is 6.42 Å². The van der Waals surface area contributed by atoms with Gasteiger partial charge >= 0.3 is 0 Å². The van der Waals surface area contributed by atoms with Gasteiger partial charge in [0.1, 0.15) is 11.7 Å². The van der Waals surface area contributed by atoms with Crippen molar-refractivity contribution >= 4 is 5.84 Å². The van der Waals surface area contributed by atoms with Crippen molar-refractivity contribution in [2.24, 2.45) is 10.9 Å². The van der Waals surface area contributed by atoms with Crippen molar-refractivity contribution in [1.29, 1.82) is 0 Å². The van der Waals surface area contributed by atoms with Crippen LogP contribution in [0.1, 0.15) is 25.6 Å². The molecule has 1 aromatic heterocycles. The lowest BCUT2D eigenvalue weighted by atomic mass is 10.3. The average molecular weight is 196 g/mol. The minimum Gasteiger partial charge on any atom is -0.409 e. The molecule has 1 aromatic rings. The van der Waals surface area contributed by atoms with Crippen LogP contribution < -0.4 is 5.73 Å². The van der Waals surface area contributed by atoms with Crippen LogP contribution in [0.5, 0.6) is 0 Å². The van der Waals surface area contributed by atoms with Crippen LogP contribution in [0.15, 0.2) is 17.5 Å². The molecule has 0 amide bonds. The molecule has 0 fully saturated rings. The average Bonchev–Trinajstić information content (AvgIpc) is 2.62. The lowest BCUT2D eigenvalue weighted by Gasteiger charge is -2.05. The Labute approximate surface area is 83.2 Å². The van der Waals surface area contributed by atoms with E-state index in [9.17, 15) is 0 Å². The van der Waals surface area contributed by atoms with Gasteiger partial charge in [-0.3, -0.25) is 0 Å². The highest BCUT2D eigenvalue weighted by atomic mass is 16.4. The Kier molecular flexibility index (Phi) is 3.97. The van der Waals surface area contributed by atoms with Crippen molar-refractivity contribution in [3.05, 3.63) is 18.2 Å². The zero-order valence-corrected chi connectivity index (χ0v) is 8.35. The minimum absolute atomic E-state index is 0.251. The van der Waals surface area contributed by atoms with E-state index in [1.165, 1.54) is 0 Å². The third-order valence-electron chi connectivity index (χ3n) is 2.01. The Morgan fingerprint density at radius 1 is 1.71 bits per heavy atom. The molecule has 0 aliphatic rings. The molecular weight excluding hydrogens is 180 g/mol. The summed E-state index contributed by atoms with van der Waals surface area (Å²) in [6, 6.07) is 0. The van der Waals surface area contributed by atoms with Gasteiger partial charge in [0.2, 0.25) is 0 Å². The van der Waals surface area contributed by atoms with Gasteiger partial charge < -0.3 is 15.5 Å². The summed E-state index contributed by atoms with van der Waals surface area (Å²) < 4.78 is 2.03. The quantitative estimate of drug-likeness (QED) is 0.319. The van der Waals surface area contributed by atoms with Crippen LogP contribution >= 0.6 is 0 Å². The molecule has 1 heterocycles. The molecule has 0 aliphatic carbocycles.